The molecule has 0 fully saturated rings. The zero-order valence-corrected chi connectivity index (χ0v) is 68.9. The van der Waals surface area contributed by atoms with Gasteiger partial charge in [0.1, 0.15) is 0 Å². The van der Waals surface area contributed by atoms with Gasteiger partial charge in [0, 0.05) is 136 Å². The number of fused-ring (bicyclic) bond motifs is 2. The first kappa shape index (κ1) is 101. The van der Waals surface area contributed by atoms with Gasteiger partial charge in [-0.1, -0.05) is 312 Å². The van der Waals surface area contributed by atoms with E-state index in [0.29, 0.717) is 0 Å². The largest absolute Gasteiger partial charge is 0.265 e. The molecule has 588 valence electrons. The second-order valence-corrected chi connectivity index (χ2v) is 21.9. The summed E-state index contributed by atoms with van der Waals surface area (Å²) < 4.78 is 0. The third-order valence-corrected chi connectivity index (χ3v) is 12.9. The first-order valence-corrected chi connectivity index (χ1v) is 38.2. The smallest absolute Gasteiger partial charge is 0.0267 e. The molecule has 0 N–H and O–H groups in total. The SMILES string of the molecule is CC.CC.CC.Cc1ccc2ccccc2c1.Cc1ccc2ccccc2c1.Cc1ccccc1.Cc1ccccc1.Cc1ccccc1.c1ccncc1.c1ccncc1.c1ccncc1.c1ccncc1.c1ccncc1.c1ccncc1.c1ccncc1.c1ccncc1.c1ccncc1.c1ccncc1.c1ccncc1. The number of hydrogen-bond donors (Lipinski definition) is 0. The number of nitrogens with zero attached hydrogens (tertiary/aromatic N) is 11. The molecule has 7 aromatic carbocycles. The molecule has 0 spiro atoms. The van der Waals surface area contributed by atoms with Gasteiger partial charge in [-0.2, -0.15) is 0 Å². The molecule has 115 heavy (non-hydrogen) atoms. The van der Waals surface area contributed by atoms with Gasteiger partial charge in [0.05, 0.1) is 0 Å². The van der Waals surface area contributed by atoms with Crippen LogP contribution in [0.15, 0.2) is 512 Å². The zero-order chi connectivity index (χ0) is 83.4. The lowest BCUT2D eigenvalue weighted by atomic mass is 10.1. The summed E-state index contributed by atoms with van der Waals surface area (Å²) in [6, 6.07) is 123. The first-order valence-electron chi connectivity index (χ1n) is 38.2. The number of aromatic nitrogens is 11. The Kier molecular flexibility index (Phi) is 73.3. The highest BCUT2D eigenvalue weighted by atomic mass is 14.6. The van der Waals surface area contributed by atoms with Crippen molar-refractivity contribution >= 4 is 21.5 Å². The fourth-order valence-electron chi connectivity index (χ4n) is 7.66. The number of hydrogen-bond acceptors (Lipinski definition) is 11. The highest BCUT2D eigenvalue weighted by molar-refractivity contribution is 5.83. The van der Waals surface area contributed by atoms with E-state index in [-0.39, 0.29) is 0 Å². The Morgan fingerprint density at radius 1 is 0.113 bits per heavy atom. The lowest BCUT2D eigenvalue weighted by Crippen LogP contribution is -1.73. The third-order valence-electron chi connectivity index (χ3n) is 12.9. The third kappa shape index (κ3) is 71.1. The first-order chi connectivity index (χ1) is 56.9. The van der Waals surface area contributed by atoms with Crippen LogP contribution >= 0.6 is 0 Å². The van der Waals surface area contributed by atoms with Crippen molar-refractivity contribution in [3.8, 4) is 0 Å². The van der Waals surface area contributed by atoms with Crippen LogP contribution in [0, 0.1) is 34.6 Å². The molecular formula is C104H117N11. The number of pyridine rings is 11. The van der Waals surface area contributed by atoms with Gasteiger partial charge in [0.25, 0.3) is 0 Å². The zero-order valence-electron chi connectivity index (χ0n) is 68.9. The molecule has 0 aliphatic rings. The van der Waals surface area contributed by atoms with Crippen LogP contribution < -0.4 is 0 Å². The van der Waals surface area contributed by atoms with E-state index < -0.39 is 0 Å². The van der Waals surface area contributed by atoms with Crippen molar-refractivity contribution < 1.29 is 0 Å². The van der Waals surface area contributed by atoms with Crippen LogP contribution in [0.4, 0.5) is 0 Å². The van der Waals surface area contributed by atoms with E-state index >= 15 is 0 Å². The maximum atomic E-state index is 3.78. The predicted molar refractivity (Wildman–Crippen MR) is 492 cm³/mol. The molecule has 0 saturated carbocycles. The van der Waals surface area contributed by atoms with Crippen LogP contribution in [-0.4, -0.2) is 54.8 Å². The molecule has 0 unspecified atom stereocenters. The number of rotatable bonds is 0. The van der Waals surface area contributed by atoms with Gasteiger partial charge >= 0.3 is 0 Å². The Morgan fingerprint density at radius 3 is 0.339 bits per heavy atom. The second kappa shape index (κ2) is 83.7. The molecule has 0 saturated heterocycles. The van der Waals surface area contributed by atoms with Crippen molar-refractivity contribution in [1.29, 1.82) is 0 Å². The summed E-state index contributed by atoms with van der Waals surface area (Å²) in [4.78, 5) is 41.6. The van der Waals surface area contributed by atoms with Crippen molar-refractivity contribution in [2.75, 3.05) is 0 Å². The van der Waals surface area contributed by atoms with Gasteiger partial charge in [0.2, 0.25) is 0 Å². The molecule has 11 heteroatoms. The topological polar surface area (TPSA) is 142 Å². The summed E-state index contributed by atoms with van der Waals surface area (Å²) >= 11 is 0. The van der Waals surface area contributed by atoms with Gasteiger partial charge in [-0.25, -0.2) is 0 Å². The van der Waals surface area contributed by atoms with Crippen LogP contribution in [0.5, 0.6) is 0 Å². The van der Waals surface area contributed by atoms with Gasteiger partial charge in [-0.3, -0.25) is 54.8 Å². The summed E-state index contributed by atoms with van der Waals surface area (Å²) in [5, 5.41) is 5.29. The molecular weight excluding hydrogens is 1400 g/mol. The summed E-state index contributed by atoms with van der Waals surface area (Å²) in [6.45, 7) is 22.5. The highest BCUT2D eigenvalue weighted by Gasteiger charge is 1.91. The van der Waals surface area contributed by atoms with Gasteiger partial charge < -0.3 is 0 Å². The summed E-state index contributed by atoms with van der Waals surface area (Å²) in [5.41, 5.74) is 6.61. The summed E-state index contributed by atoms with van der Waals surface area (Å²) in [7, 11) is 0. The fraction of sp³-hybridized carbons (Fsp3) is 0.106. The monoisotopic (exact) mass is 1520 g/mol. The summed E-state index contributed by atoms with van der Waals surface area (Å²) in [6.07, 6.45) is 38.5. The number of aryl methyl sites for hydroxylation is 5. The Bertz CT molecular complexity index is 3620. The fourth-order valence-corrected chi connectivity index (χ4v) is 7.66. The minimum atomic E-state index is 1.32. The van der Waals surface area contributed by atoms with Crippen LogP contribution in [0.25, 0.3) is 21.5 Å². The normalized spacial score (nSPS) is 8.30. The average molecular weight is 1520 g/mol. The average Bonchev–Trinajstić information content (AvgIpc) is 0.860. The molecule has 18 aromatic rings. The van der Waals surface area contributed by atoms with E-state index in [4.69, 9.17) is 0 Å². The van der Waals surface area contributed by atoms with Crippen LogP contribution in [0.1, 0.15) is 69.4 Å². The quantitative estimate of drug-likeness (QED) is 0.143. The molecule has 0 amide bonds. The van der Waals surface area contributed by atoms with E-state index in [1.807, 2.05) is 296 Å². The standard InChI is InChI=1S/2C11H10.3C7H8.11C5H5N.3C2H6/c2*1-9-6-7-10-4-2-3-5-11(10)8-9;3*1-7-5-3-2-4-6-7;11*1-2-4-6-5-3-1;3*1-2/h2*2-8H,1H3;3*2-6H,1H3;11*1-5H;3*1-2H3. The molecule has 11 aromatic heterocycles. The van der Waals surface area contributed by atoms with E-state index in [0.717, 1.165) is 0 Å². The van der Waals surface area contributed by atoms with Crippen molar-refractivity contribution in [2.45, 2.75) is 76.2 Å². The molecule has 11 heterocycles. The van der Waals surface area contributed by atoms with Crippen LogP contribution in [-0.2, 0) is 0 Å². The van der Waals surface area contributed by atoms with Crippen molar-refractivity contribution in [3.63, 3.8) is 0 Å². The minimum Gasteiger partial charge on any atom is -0.265 e. The lowest BCUT2D eigenvalue weighted by molar-refractivity contribution is 1.33. The minimum absolute atomic E-state index is 1.32. The van der Waals surface area contributed by atoms with E-state index in [1.54, 1.807) is 136 Å². The lowest BCUT2D eigenvalue weighted by Gasteiger charge is -1.96. The Hall–Kier alpha value is -14.3. The van der Waals surface area contributed by atoms with E-state index in [9.17, 15) is 0 Å². The van der Waals surface area contributed by atoms with Crippen molar-refractivity contribution in [2.24, 2.45) is 0 Å². The van der Waals surface area contributed by atoms with E-state index in [2.05, 4.69) is 211 Å². The molecule has 11 nitrogen and oxygen atoms in total. The Balaban J connectivity index is 0.00000121. The maximum Gasteiger partial charge on any atom is 0.0267 e. The second-order valence-electron chi connectivity index (χ2n) is 21.9. The molecule has 18 rings (SSSR count). The molecule has 0 radical (unpaired) electrons. The van der Waals surface area contributed by atoms with Crippen LogP contribution in [0.3, 0.4) is 0 Å². The molecule has 0 aliphatic heterocycles. The number of benzene rings is 7. The molecule has 0 aliphatic carbocycles. The van der Waals surface area contributed by atoms with Gasteiger partial charge in [0.15, 0.2) is 0 Å². The van der Waals surface area contributed by atoms with Gasteiger partial charge in [-0.15, -0.1) is 0 Å². The molecule has 0 atom stereocenters. The maximum absolute atomic E-state index is 3.78. The van der Waals surface area contributed by atoms with Gasteiger partial charge in [-0.05, 0) is 190 Å². The summed E-state index contributed by atoms with van der Waals surface area (Å²) in [5.74, 6) is 0. The Morgan fingerprint density at radius 2 is 0.235 bits per heavy atom. The Labute approximate surface area is 688 Å². The predicted octanol–water partition coefficient (Wildman–Crippen LogP) is 27.3. The van der Waals surface area contributed by atoms with Crippen LogP contribution in [0.2, 0.25) is 0 Å². The highest BCUT2D eigenvalue weighted by Crippen LogP contribution is 2.15. The molecule has 0 bridgehead atoms. The van der Waals surface area contributed by atoms with E-state index in [1.165, 1.54) is 49.4 Å². The van der Waals surface area contributed by atoms with Crippen molar-refractivity contribution in [3.05, 3.63) is 540 Å². The van der Waals surface area contributed by atoms with Crippen molar-refractivity contribution in [1.82, 2.24) is 54.8 Å².